The smallest absolute Gasteiger partial charge is 0.229 e. The molecule has 0 fully saturated rings. The number of imidazole rings is 1. The quantitative estimate of drug-likeness (QED) is 0.579. The molecule has 0 aliphatic heterocycles. The zero-order valence-corrected chi connectivity index (χ0v) is 14.6. The Kier molecular flexibility index (Phi) is 4.28. The molecular formula is C19H19N7. The Morgan fingerprint density at radius 3 is 2.50 bits per heavy atom. The first-order chi connectivity index (χ1) is 12.7. The van der Waals surface area contributed by atoms with Crippen LogP contribution in [-0.2, 0) is 13.6 Å². The Bertz CT molecular complexity index is 1020. The van der Waals surface area contributed by atoms with Gasteiger partial charge in [0.25, 0.3) is 0 Å². The van der Waals surface area contributed by atoms with Crippen LogP contribution in [0.1, 0.15) is 5.56 Å². The number of benzene rings is 1. The molecular weight excluding hydrogens is 326 g/mol. The molecule has 0 aliphatic rings. The summed E-state index contributed by atoms with van der Waals surface area (Å²) in [6, 6.07) is 12.0. The molecule has 4 rings (SSSR count). The molecule has 3 heterocycles. The van der Waals surface area contributed by atoms with E-state index in [9.17, 15) is 0 Å². The van der Waals surface area contributed by atoms with E-state index in [2.05, 4.69) is 42.7 Å². The first-order valence-corrected chi connectivity index (χ1v) is 8.35. The second-order valence-corrected chi connectivity index (χ2v) is 5.99. The lowest BCUT2D eigenvalue weighted by molar-refractivity contribution is 0.818. The number of hydrogen-bond donors (Lipinski definition) is 2. The highest BCUT2D eigenvalue weighted by molar-refractivity contribution is 5.77. The number of aryl methyl sites for hydroxylation is 1. The van der Waals surface area contributed by atoms with E-state index in [0.717, 1.165) is 34.8 Å². The molecule has 3 aromatic heterocycles. The van der Waals surface area contributed by atoms with Gasteiger partial charge in [-0.3, -0.25) is 4.98 Å². The standard InChI is InChI=1S/C19H19N7/c1-20-11-13-3-5-15(6-4-13)23-19-22-12-16-18(25-19)26(2)17(24-16)14-7-9-21-10-8-14/h3-10,12,20H,11H2,1-2H3,(H,22,23,25). The fraction of sp³-hybridized carbons (Fsp3) is 0.158. The van der Waals surface area contributed by atoms with E-state index in [1.165, 1.54) is 5.56 Å². The predicted molar refractivity (Wildman–Crippen MR) is 102 cm³/mol. The van der Waals surface area contributed by atoms with Crippen molar-refractivity contribution >= 4 is 22.8 Å². The van der Waals surface area contributed by atoms with Gasteiger partial charge in [-0.1, -0.05) is 12.1 Å². The summed E-state index contributed by atoms with van der Waals surface area (Å²) in [6.07, 6.45) is 5.25. The maximum absolute atomic E-state index is 4.64. The predicted octanol–water partition coefficient (Wildman–Crippen LogP) is 2.89. The Labute approximate surface area is 151 Å². The largest absolute Gasteiger partial charge is 0.324 e. The van der Waals surface area contributed by atoms with Gasteiger partial charge in [0.05, 0.1) is 6.20 Å². The molecule has 0 saturated heterocycles. The van der Waals surface area contributed by atoms with Crippen molar-refractivity contribution in [3.8, 4) is 11.4 Å². The van der Waals surface area contributed by atoms with E-state index in [4.69, 9.17) is 0 Å². The summed E-state index contributed by atoms with van der Waals surface area (Å²) in [6.45, 7) is 0.843. The van der Waals surface area contributed by atoms with Crippen LogP contribution in [0, 0.1) is 0 Å². The van der Waals surface area contributed by atoms with Crippen molar-refractivity contribution in [1.29, 1.82) is 0 Å². The topological polar surface area (TPSA) is 80.5 Å². The third-order valence-corrected chi connectivity index (χ3v) is 4.14. The lowest BCUT2D eigenvalue weighted by atomic mass is 10.2. The van der Waals surface area contributed by atoms with Crippen LogP contribution in [0.3, 0.4) is 0 Å². The molecule has 0 saturated carbocycles. The fourth-order valence-corrected chi connectivity index (χ4v) is 2.84. The SMILES string of the molecule is CNCc1ccc(Nc2ncc3nc(-c4ccncc4)n(C)c3n2)cc1. The van der Waals surface area contributed by atoms with Crippen LogP contribution in [0.25, 0.3) is 22.6 Å². The summed E-state index contributed by atoms with van der Waals surface area (Å²) in [7, 11) is 3.89. The molecule has 130 valence electrons. The average molecular weight is 345 g/mol. The minimum atomic E-state index is 0.545. The molecule has 2 N–H and O–H groups in total. The van der Waals surface area contributed by atoms with Crippen LogP contribution in [0.5, 0.6) is 0 Å². The van der Waals surface area contributed by atoms with E-state index in [0.29, 0.717) is 5.95 Å². The highest BCUT2D eigenvalue weighted by Crippen LogP contribution is 2.23. The average Bonchev–Trinajstić information content (AvgIpc) is 3.01. The third kappa shape index (κ3) is 3.12. The summed E-state index contributed by atoms with van der Waals surface area (Å²) in [5.41, 5.74) is 4.70. The van der Waals surface area contributed by atoms with Crippen molar-refractivity contribution in [3.05, 3.63) is 60.6 Å². The van der Waals surface area contributed by atoms with Crippen molar-refractivity contribution in [3.63, 3.8) is 0 Å². The maximum atomic E-state index is 4.64. The molecule has 0 spiro atoms. The summed E-state index contributed by atoms with van der Waals surface area (Å²) >= 11 is 0. The highest BCUT2D eigenvalue weighted by Gasteiger charge is 2.12. The number of fused-ring (bicyclic) bond motifs is 1. The zero-order chi connectivity index (χ0) is 17.9. The van der Waals surface area contributed by atoms with Crippen LogP contribution < -0.4 is 10.6 Å². The van der Waals surface area contributed by atoms with Gasteiger partial charge in [-0.25, -0.2) is 9.97 Å². The highest BCUT2D eigenvalue weighted by atomic mass is 15.2. The Hall–Kier alpha value is -3.32. The molecule has 0 bridgehead atoms. The van der Waals surface area contributed by atoms with Gasteiger partial charge in [-0.15, -0.1) is 0 Å². The molecule has 7 heteroatoms. The monoisotopic (exact) mass is 345 g/mol. The normalized spacial score (nSPS) is 11.0. The maximum Gasteiger partial charge on any atom is 0.229 e. The number of rotatable bonds is 5. The fourth-order valence-electron chi connectivity index (χ4n) is 2.84. The van der Waals surface area contributed by atoms with E-state index >= 15 is 0 Å². The Morgan fingerprint density at radius 1 is 1.00 bits per heavy atom. The second kappa shape index (κ2) is 6.89. The summed E-state index contributed by atoms with van der Waals surface area (Å²) in [4.78, 5) is 17.7. The molecule has 7 nitrogen and oxygen atoms in total. The molecule has 0 atom stereocenters. The Morgan fingerprint density at radius 2 is 1.77 bits per heavy atom. The van der Waals surface area contributed by atoms with Gasteiger partial charge in [0.1, 0.15) is 11.3 Å². The molecule has 0 radical (unpaired) electrons. The lowest BCUT2D eigenvalue weighted by Crippen LogP contribution is -2.05. The van der Waals surface area contributed by atoms with Crippen molar-refractivity contribution in [2.75, 3.05) is 12.4 Å². The molecule has 0 amide bonds. The van der Waals surface area contributed by atoms with Gasteiger partial charge >= 0.3 is 0 Å². The van der Waals surface area contributed by atoms with Gasteiger partial charge in [0.15, 0.2) is 5.65 Å². The van der Waals surface area contributed by atoms with Gasteiger partial charge in [0.2, 0.25) is 5.95 Å². The van der Waals surface area contributed by atoms with Crippen molar-refractivity contribution in [2.24, 2.45) is 7.05 Å². The van der Waals surface area contributed by atoms with Gasteiger partial charge in [-0.05, 0) is 36.9 Å². The van der Waals surface area contributed by atoms with Crippen LogP contribution in [0.15, 0.2) is 55.0 Å². The van der Waals surface area contributed by atoms with E-state index in [1.54, 1.807) is 18.6 Å². The van der Waals surface area contributed by atoms with Crippen LogP contribution >= 0.6 is 0 Å². The summed E-state index contributed by atoms with van der Waals surface area (Å²) in [5.74, 6) is 1.38. The molecule has 26 heavy (non-hydrogen) atoms. The molecule has 0 aliphatic carbocycles. The zero-order valence-electron chi connectivity index (χ0n) is 14.6. The number of anilines is 2. The van der Waals surface area contributed by atoms with Crippen molar-refractivity contribution in [1.82, 2.24) is 29.8 Å². The molecule has 1 aromatic carbocycles. The summed E-state index contributed by atoms with van der Waals surface area (Å²) < 4.78 is 1.97. The first-order valence-electron chi connectivity index (χ1n) is 8.35. The van der Waals surface area contributed by atoms with Gasteiger partial charge in [-0.2, -0.15) is 4.98 Å². The minimum Gasteiger partial charge on any atom is -0.324 e. The van der Waals surface area contributed by atoms with E-state index in [-0.39, 0.29) is 0 Å². The number of hydrogen-bond acceptors (Lipinski definition) is 6. The van der Waals surface area contributed by atoms with Gasteiger partial charge in [0, 0.05) is 37.2 Å². The first kappa shape index (κ1) is 16.2. The van der Waals surface area contributed by atoms with Crippen LogP contribution in [-0.4, -0.2) is 31.6 Å². The van der Waals surface area contributed by atoms with Crippen molar-refractivity contribution in [2.45, 2.75) is 6.54 Å². The number of pyridine rings is 1. The van der Waals surface area contributed by atoms with E-state index in [1.807, 2.05) is 42.9 Å². The van der Waals surface area contributed by atoms with Crippen molar-refractivity contribution < 1.29 is 0 Å². The third-order valence-electron chi connectivity index (χ3n) is 4.14. The number of aromatic nitrogens is 5. The molecule has 4 aromatic rings. The van der Waals surface area contributed by atoms with Crippen LogP contribution in [0.4, 0.5) is 11.6 Å². The van der Waals surface area contributed by atoms with Gasteiger partial charge < -0.3 is 15.2 Å². The minimum absolute atomic E-state index is 0.545. The van der Waals surface area contributed by atoms with Crippen LogP contribution in [0.2, 0.25) is 0 Å². The molecule has 0 unspecified atom stereocenters. The lowest BCUT2D eigenvalue weighted by Gasteiger charge is -2.06. The van der Waals surface area contributed by atoms with E-state index < -0.39 is 0 Å². The summed E-state index contributed by atoms with van der Waals surface area (Å²) in [5, 5.41) is 6.38. The second-order valence-electron chi connectivity index (χ2n) is 5.99. The number of nitrogens with one attached hydrogen (secondary N) is 2. The Balaban J connectivity index is 1.64. The number of nitrogens with zero attached hydrogens (tertiary/aromatic N) is 5.